The van der Waals surface area contributed by atoms with Gasteiger partial charge in [0.25, 0.3) is 0 Å². The van der Waals surface area contributed by atoms with Crippen molar-refractivity contribution in [1.82, 2.24) is 5.32 Å². The van der Waals surface area contributed by atoms with Crippen molar-refractivity contribution in [1.29, 1.82) is 0 Å². The fourth-order valence-electron chi connectivity index (χ4n) is 3.87. The van der Waals surface area contributed by atoms with Gasteiger partial charge in [0.15, 0.2) is 0 Å². The maximum Gasteiger partial charge on any atom is 0.0314 e. The fraction of sp³-hybridized carbons (Fsp3) is 0.579. The van der Waals surface area contributed by atoms with Crippen molar-refractivity contribution in [2.24, 2.45) is 5.92 Å². The molecule has 2 aliphatic rings. The van der Waals surface area contributed by atoms with Crippen LogP contribution in [0.1, 0.15) is 50.2 Å². The molecule has 1 heteroatoms. The van der Waals surface area contributed by atoms with E-state index in [-0.39, 0.29) is 0 Å². The second-order valence-electron chi connectivity index (χ2n) is 6.39. The van der Waals surface area contributed by atoms with E-state index < -0.39 is 0 Å². The molecule has 0 aromatic heterocycles. The fourth-order valence-corrected chi connectivity index (χ4v) is 3.87. The highest BCUT2D eigenvalue weighted by Crippen LogP contribution is 2.33. The van der Waals surface area contributed by atoms with Crippen LogP contribution in [0, 0.1) is 5.92 Å². The molecule has 1 N–H and O–H groups in total. The molecule has 0 saturated carbocycles. The Bertz CT molecular complexity index is 449. The Balaban J connectivity index is 1.75. The van der Waals surface area contributed by atoms with Crippen molar-refractivity contribution in [3.63, 3.8) is 0 Å². The molecule has 0 radical (unpaired) electrons. The van der Waals surface area contributed by atoms with Crippen molar-refractivity contribution < 1.29 is 0 Å². The third-order valence-electron chi connectivity index (χ3n) is 4.89. The van der Waals surface area contributed by atoms with Gasteiger partial charge >= 0.3 is 0 Å². The Morgan fingerprint density at radius 2 is 1.90 bits per heavy atom. The second-order valence-corrected chi connectivity index (χ2v) is 6.39. The SMILES string of the molecule is CCCNC(C1=CCCCC1)C1Cc2ccccc2C1. The maximum absolute atomic E-state index is 3.85. The Morgan fingerprint density at radius 1 is 1.15 bits per heavy atom. The predicted molar refractivity (Wildman–Crippen MR) is 86.0 cm³/mol. The van der Waals surface area contributed by atoms with E-state index >= 15 is 0 Å². The number of hydrogen-bond acceptors (Lipinski definition) is 1. The second kappa shape index (κ2) is 6.58. The summed E-state index contributed by atoms with van der Waals surface area (Å²) in [5, 5.41) is 3.85. The predicted octanol–water partition coefficient (Wildman–Crippen LogP) is 4.27. The molecule has 2 aliphatic carbocycles. The number of allylic oxidation sites excluding steroid dienone is 1. The number of benzene rings is 1. The lowest BCUT2D eigenvalue weighted by Gasteiger charge is -2.29. The highest BCUT2D eigenvalue weighted by atomic mass is 14.9. The smallest absolute Gasteiger partial charge is 0.0314 e. The molecule has 0 amide bonds. The molecule has 1 aromatic rings. The molecule has 0 saturated heterocycles. The summed E-state index contributed by atoms with van der Waals surface area (Å²) in [5.41, 5.74) is 4.86. The molecule has 0 aliphatic heterocycles. The Morgan fingerprint density at radius 3 is 2.50 bits per heavy atom. The van der Waals surface area contributed by atoms with Crippen LogP contribution < -0.4 is 5.32 Å². The van der Waals surface area contributed by atoms with E-state index in [2.05, 4.69) is 42.6 Å². The van der Waals surface area contributed by atoms with Gasteiger partial charge in [0.2, 0.25) is 0 Å². The molecule has 1 atom stereocenters. The van der Waals surface area contributed by atoms with Gasteiger partial charge in [-0.05, 0) is 68.5 Å². The van der Waals surface area contributed by atoms with Crippen LogP contribution in [0.5, 0.6) is 0 Å². The first kappa shape index (κ1) is 13.9. The quantitative estimate of drug-likeness (QED) is 0.787. The van der Waals surface area contributed by atoms with Crippen LogP contribution in [0.2, 0.25) is 0 Å². The van der Waals surface area contributed by atoms with E-state index in [1.54, 1.807) is 16.7 Å². The first-order valence-corrected chi connectivity index (χ1v) is 8.37. The van der Waals surface area contributed by atoms with Crippen LogP contribution in [0.15, 0.2) is 35.9 Å². The standard InChI is InChI=1S/C19H27N/c1-2-12-20-19(15-8-4-3-5-9-15)18-13-16-10-6-7-11-17(16)14-18/h6-8,10-11,18-20H,2-5,9,12-14H2,1H3. The Kier molecular flexibility index (Phi) is 4.57. The molecule has 1 unspecified atom stereocenters. The van der Waals surface area contributed by atoms with Crippen molar-refractivity contribution in [2.45, 2.75) is 57.9 Å². The minimum Gasteiger partial charge on any atom is -0.310 e. The lowest BCUT2D eigenvalue weighted by Crippen LogP contribution is -2.39. The van der Waals surface area contributed by atoms with Crippen molar-refractivity contribution in [3.8, 4) is 0 Å². The lowest BCUT2D eigenvalue weighted by atomic mass is 9.84. The van der Waals surface area contributed by atoms with Crippen molar-refractivity contribution in [2.75, 3.05) is 6.54 Å². The number of hydrogen-bond donors (Lipinski definition) is 1. The average Bonchev–Trinajstić information content (AvgIpc) is 2.92. The van der Waals surface area contributed by atoms with Crippen molar-refractivity contribution in [3.05, 3.63) is 47.0 Å². The molecular weight excluding hydrogens is 242 g/mol. The molecule has 3 rings (SSSR count). The molecule has 20 heavy (non-hydrogen) atoms. The minimum atomic E-state index is 0.614. The largest absolute Gasteiger partial charge is 0.310 e. The Hall–Kier alpha value is -1.08. The first-order valence-electron chi connectivity index (χ1n) is 8.37. The number of nitrogens with one attached hydrogen (secondary N) is 1. The van der Waals surface area contributed by atoms with E-state index in [4.69, 9.17) is 0 Å². The highest BCUT2D eigenvalue weighted by molar-refractivity contribution is 5.34. The van der Waals surface area contributed by atoms with Gasteiger partial charge < -0.3 is 5.32 Å². The van der Waals surface area contributed by atoms with Crippen LogP contribution in [0.3, 0.4) is 0 Å². The van der Waals surface area contributed by atoms with Crippen molar-refractivity contribution >= 4 is 0 Å². The first-order chi connectivity index (χ1) is 9.88. The van der Waals surface area contributed by atoms with E-state index in [1.807, 2.05) is 0 Å². The summed E-state index contributed by atoms with van der Waals surface area (Å²) in [6.45, 7) is 3.41. The molecular formula is C19H27N. The van der Waals surface area contributed by atoms with E-state index in [9.17, 15) is 0 Å². The average molecular weight is 269 g/mol. The summed E-state index contributed by atoms with van der Waals surface area (Å²) in [5.74, 6) is 0.767. The Labute approximate surface area is 123 Å². The summed E-state index contributed by atoms with van der Waals surface area (Å²) >= 11 is 0. The molecule has 0 fully saturated rings. The van der Waals surface area contributed by atoms with Gasteiger partial charge in [-0.25, -0.2) is 0 Å². The van der Waals surface area contributed by atoms with Gasteiger partial charge in [-0.3, -0.25) is 0 Å². The topological polar surface area (TPSA) is 12.0 Å². The summed E-state index contributed by atoms with van der Waals surface area (Å²) in [6, 6.07) is 9.64. The zero-order valence-corrected chi connectivity index (χ0v) is 12.7. The molecule has 0 heterocycles. The molecule has 1 nitrogen and oxygen atoms in total. The summed E-state index contributed by atoms with van der Waals surface area (Å²) in [4.78, 5) is 0. The van der Waals surface area contributed by atoms with Gasteiger partial charge in [0.05, 0.1) is 0 Å². The van der Waals surface area contributed by atoms with Gasteiger partial charge in [0, 0.05) is 6.04 Å². The molecule has 1 aromatic carbocycles. The normalized spacial score (nSPS) is 20.6. The number of fused-ring (bicyclic) bond motifs is 1. The lowest BCUT2D eigenvalue weighted by molar-refractivity contribution is 0.390. The molecule has 0 bridgehead atoms. The third-order valence-corrected chi connectivity index (χ3v) is 4.89. The van der Waals surface area contributed by atoms with Crippen LogP contribution in [0.25, 0.3) is 0 Å². The monoisotopic (exact) mass is 269 g/mol. The van der Waals surface area contributed by atoms with Crippen LogP contribution >= 0.6 is 0 Å². The zero-order valence-electron chi connectivity index (χ0n) is 12.7. The minimum absolute atomic E-state index is 0.614. The highest BCUT2D eigenvalue weighted by Gasteiger charge is 2.30. The van der Waals surface area contributed by atoms with E-state index in [0.717, 1.165) is 12.5 Å². The van der Waals surface area contributed by atoms with Gasteiger partial charge in [-0.2, -0.15) is 0 Å². The van der Waals surface area contributed by atoms with Crippen LogP contribution in [0.4, 0.5) is 0 Å². The maximum atomic E-state index is 3.85. The molecule has 108 valence electrons. The third kappa shape index (κ3) is 2.98. The van der Waals surface area contributed by atoms with Gasteiger partial charge in [0.1, 0.15) is 0 Å². The summed E-state index contributed by atoms with van der Waals surface area (Å²) in [7, 11) is 0. The van der Waals surface area contributed by atoms with E-state index in [1.165, 1.54) is 44.9 Å². The molecule has 0 spiro atoms. The summed E-state index contributed by atoms with van der Waals surface area (Å²) < 4.78 is 0. The zero-order chi connectivity index (χ0) is 13.8. The van der Waals surface area contributed by atoms with Crippen LogP contribution in [-0.4, -0.2) is 12.6 Å². The van der Waals surface area contributed by atoms with Gasteiger partial charge in [-0.1, -0.05) is 42.8 Å². The van der Waals surface area contributed by atoms with Gasteiger partial charge in [-0.15, -0.1) is 0 Å². The van der Waals surface area contributed by atoms with E-state index in [0.29, 0.717) is 6.04 Å². The summed E-state index contributed by atoms with van der Waals surface area (Å²) in [6.07, 6.45) is 11.6. The number of rotatable bonds is 5. The van der Waals surface area contributed by atoms with Crippen LogP contribution in [-0.2, 0) is 12.8 Å².